The Morgan fingerprint density at radius 2 is 1.96 bits per heavy atom. The fourth-order valence-corrected chi connectivity index (χ4v) is 2.51. The zero-order valence-electron chi connectivity index (χ0n) is 13.1. The van der Waals surface area contributed by atoms with Crippen molar-refractivity contribution in [3.05, 3.63) is 53.6 Å². The molecule has 2 aromatic rings. The van der Waals surface area contributed by atoms with E-state index >= 15 is 0 Å². The van der Waals surface area contributed by atoms with E-state index in [1.165, 1.54) is 0 Å². The van der Waals surface area contributed by atoms with E-state index in [2.05, 4.69) is 16.0 Å². The van der Waals surface area contributed by atoms with Crippen LogP contribution in [0.5, 0.6) is 11.5 Å². The summed E-state index contributed by atoms with van der Waals surface area (Å²) in [7, 11) is 3.40. The van der Waals surface area contributed by atoms with Crippen LogP contribution in [0.3, 0.4) is 0 Å². The fourth-order valence-electron chi connectivity index (χ4n) is 2.51. The summed E-state index contributed by atoms with van der Waals surface area (Å²) in [5.74, 6) is 1.17. The van der Waals surface area contributed by atoms with E-state index in [4.69, 9.17) is 9.47 Å². The van der Waals surface area contributed by atoms with E-state index in [1.807, 2.05) is 36.4 Å². The summed E-state index contributed by atoms with van der Waals surface area (Å²) in [6.45, 7) is 0.390. The highest BCUT2D eigenvalue weighted by Gasteiger charge is 2.24. The number of amides is 1. The first kappa shape index (κ1) is 15.2. The summed E-state index contributed by atoms with van der Waals surface area (Å²) >= 11 is 0. The third-order valence-corrected chi connectivity index (χ3v) is 3.64. The summed E-state index contributed by atoms with van der Waals surface area (Å²) < 4.78 is 10.9. The number of ether oxygens (including phenoxy) is 2. The van der Waals surface area contributed by atoms with Crippen molar-refractivity contribution in [1.29, 1.82) is 0 Å². The molecule has 3 N–H and O–H groups in total. The second-order valence-corrected chi connectivity index (χ2v) is 5.15. The van der Waals surface area contributed by atoms with Gasteiger partial charge >= 0.3 is 0 Å². The molecule has 6 heteroatoms. The molecule has 1 heterocycles. The van der Waals surface area contributed by atoms with Crippen molar-refractivity contribution < 1.29 is 14.3 Å². The van der Waals surface area contributed by atoms with Gasteiger partial charge < -0.3 is 20.1 Å². The molecule has 3 rings (SSSR count). The number of methoxy groups -OCH3 is 1. The predicted octanol–water partition coefficient (Wildman–Crippen LogP) is 2.10. The second kappa shape index (κ2) is 6.58. The van der Waals surface area contributed by atoms with Gasteiger partial charge in [-0.1, -0.05) is 18.2 Å². The van der Waals surface area contributed by atoms with E-state index in [0.29, 0.717) is 23.8 Å². The minimum Gasteiger partial charge on any atom is -0.493 e. The number of carbonyl (C=O) groups excluding carboxylic acids is 1. The number of nitrogens with one attached hydrogen (secondary N) is 3. The van der Waals surface area contributed by atoms with Gasteiger partial charge in [0.05, 0.1) is 12.7 Å². The molecule has 6 nitrogen and oxygen atoms in total. The monoisotopic (exact) mass is 313 g/mol. The van der Waals surface area contributed by atoms with Gasteiger partial charge in [-0.05, 0) is 36.9 Å². The maximum absolute atomic E-state index is 12.2. The van der Waals surface area contributed by atoms with Crippen LogP contribution in [0, 0.1) is 0 Å². The summed E-state index contributed by atoms with van der Waals surface area (Å²) in [5, 5.41) is 9.18. The van der Waals surface area contributed by atoms with Gasteiger partial charge in [0.15, 0.2) is 11.5 Å². The lowest BCUT2D eigenvalue weighted by Gasteiger charge is -2.28. The molecule has 1 amide bonds. The Kier molecular flexibility index (Phi) is 4.34. The van der Waals surface area contributed by atoms with Gasteiger partial charge in [-0.3, -0.25) is 10.1 Å². The number of rotatable bonds is 5. The summed E-state index contributed by atoms with van der Waals surface area (Å²) in [6.07, 6.45) is -0.315. The second-order valence-electron chi connectivity index (χ2n) is 5.15. The topological polar surface area (TPSA) is 71.6 Å². The lowest BCUT2D eigenvalue weighted by molar-refractivity contribution is 0.0935. The van der Waals surface area contributed by atoms with Gasteiger partial charge in [0, 0.05) is 5.69 Å². The molecule has 0 aromatic heterocycles. The average molecular weight is 313 g/mol. The van der Waals surface area contributed by atoms with Crippen molar-refractivity contribution in [3.8, 4) is 11.5 Å². The zero-order valence-corrected chi connectivity index (χ0v) is 13.1. The first-order valence-corrected chi connectivity index (χ1v) is 7.34. The number of hydrogen-bond donors (Lipinski definition) is 3. The van der Waals surface area contributed by atoms with Crippen molar-refractivity contribution in [3.63, 3.8) is 0 Å². The number of carbonyl (C=O) groups is 1. The molecular formula is C17H19N3O3. The highest BCUT2D eigenvalue weighted by Crippen LogP contribution is 2.32. The fraction of sp³-hybridized carbons (Fsp3) is 0.235. The standard InChI is InChI=1S/C17H19N3O3/c1-18-10-23-14-8-7-11(9-15(14)22-2)16-19-13-6-4-3-5-12(13)17(21)20-16/h3-9,16,18-19H,10H2,1-2H3,(H,20,21). The Bertz CT molecular complexity index is 718. The van der Waals surface area contributed by atoms with Crippen molar-refractivity contribution in [2.45, 2.75) is 6.17 Å². The Balaban J connectivity index is 1.86. The number of anilines is 1. The molecule has 120 valence electrons. The minimum atomic E-state index is -0.315. The van der Waals surface area contributed by atoms with Gasteiger partial charge in [-0.2, -0.15) is 0 Å². The Morgan fingerprint density at radius 3 is 2.74 bits per heavy atom. The largest absolute Gasteiger partial charge is 0.493 e. The summed E-state index contributed by atoms with van der Waals surface area (Å²) in [4.78, 5) is 12.2. The van der Waals surface area contributed by atoms with E-state index < -0.39 is 0 Å². The molecule has 1 aliphatic rings. The molecule has 0 spiro atoms. The molecule has 0 bridgehead atoms. The highest BCUT2D eigenvalue weighted by atomic mass is 16.5. The molecule has 1 atom stereocenters. The first-order valence-electron chi connectivity index (χ1n) is 7.34. The molecule has 0 saturated heterocycles. The number of benzene rings is 2. The van der Waals surface area contributed by atoms with E-state index in [-0.39, 0.29) is 12.1 Å². The normalized spacial score (nSPS) is 16.1. The first-order chi connectivity index (χ1) is 11.2. The SMILES string of the molecule is CNCOc1ccc(C2NC(=O)c3ccccc3N2)cc1OC. The van der Waals surface area contributed by atoms with Crippen LogP contribution in [0.2, 0.25) is 0 Å². The molecule has 2 aromatic carbocycles. The van der Waals surface area contributed by atoms with Crippen LogP contribution in [0.4, 0.5) is 5.69 Å². The molecule has 23 heavy (non-hydrogen) atoms. The van der Waals surface area contributed by atoms with Crippen LogP contribution in [-0.2, 0) is 0 Å². The van der Waals surface area contributed by atoms with Crippen LogP contribution in [0.25, 0.3) is 0 Å². The zero-order chi connectivity index (χ0) is 16.2. The van der Waals surface area contributed by atoms with Gasteiger partial charge in [0.25, 0.3) is 5.91 Å². The van der Waals surface area contributed by atoms with Crippen molar-refractivity contribution in [2.75, 3.05) is 26.2 Å². The van der Waals surface area contributed by atoms with Crippen molar-refractivity contribution in [2.24, 2.45) is 0 Å². The van der Waals surface area contributed by atoms with E-state index in [0.717, 1.165) is 11.3 Å². The Morgan fingerprint density at radius 1 is 1.13 bits per heavy atom. The lowest BCUT2D eigenvalue weighted by atomic mass is 10.1. The van der Waals surface area contributed by atoms with Gasteiger partial charge in [0.2, 0.25) is 0 Å². The molecule has 0 fully saturated rings. The molecule has 0 radical (unpaired) electrons. The maximum Gasteiger partial charge on any atom is 0.255 e. The average Bonchev–Trinajstić information content (AvgIpc) is 2.59. The van der Waals surface area contributed by atoms with E-state index in [1.54, 1.807) is 20.2 Å². The minimum absolute atomic E-state index is 0.0983. The van der Waals surface area contributed by atoms with Crippen LogP contribution in [-0.4, -0.2) is 26.8 Å². The third-order valence-electron chi connectivity index (χ3n) is 3.64. The molecule has 1 aliphatic heterocycles. The van der Waals surface area contributed by atoms with Crippen LogP contribution >= 0.6 is 0 Å². The van der Waals surface area contributed by atoms with Crippen LogP contribution in [0.15, 0.2) is 42.5 Å². The van der Waals surface area contributed by atoms with Gasteiger partial charge in [-0.25, -0.2) is 0 Å². The molecule has 0 saturated carbocycles. The lowest BCUT2D eigenvalue weighted by Crippen LogP contribution is -2.38. The Labute approximate surface area is 134 Å². The number of hydrogen-bond acceptors (Lipinski definition) is 5. The number of para-hydroxylation sites is 1. The molecular weight excluding hydrogens is 294 g/mol. The van der Waals surface area contributed by atoms with E-state index in [9.17, 15) is 4.79 Å². The Hall–Kier alpha value is -2.73. The van der Waals surface area contributed by atoms with Crippen LogP contribution < -0.4 is 25.4 Å². The molecule has 0 aliphatic carbocycles. The smallest absolute Gasteiger partial charge is 0.255 e. The van der Waals surface area contributed by atoms with Crippen LogP contribution in [0.1, 0.15) is 22.1 Å². The third kappa shape index (κ3) is 3.07. The number of fused-ring (bicyclic) bond motifs is 1. The quantitative estimate of drug-likeness (QED) is 0.738. The predicted molar refractivity (Wildman–Crippen MR) is 87.8 cm³/mol. The summed E-state index contributed by atoms with van der Waals surface area (Å²) in [6, 6.07) is 13.0. The maximum atomic E-state index is 12.2. The highest BCUT2D eigenvalue weighted by molar-refractivity contribution is 6.01. The summed E-state index contributed by atoms with van der Waals surface area (Å²) in [5.41, 5.74) is 2.35. The van der Waals surface area contributed by atoms with Gasteiger partial charge in [-0.15, -0.1) is 0 Å². The van der Waals surface area contributed by atoms with Gasteiger partial charge in [0.1, 0.15) is 12.9 Å². The van der Waals surface area contributed by atoms with Crippen molar-refractivity contribution in [1.82, 2.24) is 10.6 Å². The molecule has 1 unspecified atom stereocenters. The van der Waals surface area contributed by atoms with Crippen molar-refractivity contribution >= 4 is 11.6 Å².